The van der Waals surface area contributed by atoms with Crippen LogP contribution in [0, 0.1) is 11.6 Å². The molecule has 126 valence electrons. The number of aliphatic carboxylic acids is 1. The van der Waals surface area contributed by atoms with E-state index in [0.717, 1.165) is 12.1 Å². The third-order valence-electron chi connectivity index (χ3n) is 3.33. The molecule has 0 aliphatic heterocycles. The Labute approximate surface area is 142 Å². The number of carbonyl (C=O) groups is 2. The largest absolute Gasteiger partial charge is 0.480 e. The standard InChI is InChI=1S/C17H14ClF2NO3/c18-12-3-1-2-10(6-12)7-15(17(23)24)21-16(22)8-11-4-5-13(19)9-14(11)20/h1-6,9,15H,7-8H2,(H,21,22)(H,23,24)/t15-/m0/s1. The normalized spacial score (nSPS) is 11.8. The summed E-state index contributed by atoms with van der Waals surface area (Å²) in [5.41, 5.74) is 0.629. The predicted octanol–water partition coefficient (Wildman–Crippen LogP) is 2.97. The van der Waals surface area contributed by atoms with Crippen molar-refractivity contribution in [1.82, 2.24) is 5.32 Å². The van der Waals surface area contributed by atoms with Crippen LogP contribution in [-0.4, -0.2) is 23.0 Å². The number of hydrogen-bond donors (Lipinski definition) is 2. The van der Waals surface area contributed by atoms with Crippen molar-refractivity contribution < 1.29 is 23.5 Å². The van der Waals surface area contributed by atoms with Crippen molar-refractivity contribution in [2.75, 3.05) is 0 Å². The molecule has 0 heterocycles. The minimum absolute atomic E-state index is 0.0132. The molecule has 1 atom stereocenters. The van der Waals surface area contributed by atoms with E-state index < -0.39 is 29.6 Å². The van der Waals surface area contributed by atoms with Gasteiger partial charge in [0.2, 0.25) is 5.91 Å². The molecular weight excluding hydrogens is 340 g/mol. The SMILES string of the molecule is O=C(Cc1ccc(F)cc1F)N[C@@H](Cc1cccc(Cl)c1)C(=O)O. The second-order valence-corrected chi connectivity index (χ2v) is 5.64. The van der Waals surface area contributed by atoms with Crippen LogP contribution >= 0.6 is 11.6 Å². The molecule has 0 aliphatic rings. The Morgan fingerprint density at radius 3 is 2.54 bits per heavy atom. The van der Waals surface area contributed by atoms with Crippen LogP contribution in [0.2, 0.25) is 5.02 Å². The second kappa shape index (κ2) is 7.88. The van der Waals surface area contributed by atoms with Gasteiger partial charge in [0.1, 0.15) is 17.7 Å². The van der Waals surface area contributed by atoms with Gasteiger partial charge in [0, 0.05) is 17.5 Å². The van der Waals surface area contributed by atoms with Crippen molar-refractivity contribution in [3.63, 3.8) is 0 Å². The van der Waals surface area contributed by atoms with Crippen LogP contribution in [0.3, 0.4) is 0 Å². The molecule has 0 fully saturated rings. The van der Waals surface area contributed by atoms with Crippen molar-refractivity contribution in [2.45, 2.75) is 18.9 Å². The second-order valence-electron chi connectivity index (χ2n) is 5.20. The number of rotatable bonds is 6. The Kier molecular flexibility index (Phi) is 5.87. The summed E-state index contributed by atoms with van der Waals surface area (Å²) in [6.45, 7) is 0. The van der Waals surface area contributed by atoms with Crippen molar-refractivity contribution in [2.24, 2.45) is 0 Å². The van der Waals surface area contributed by atoms with Gasteiger partial charge in [-0.25, -0.2) is 13.6 Å². The molecule has 0 spiro atoms. The van der Waals surface area contributed by atoms with Crippen LogP contribution in [0.4, 0.5) is 8.78 Å². The van der Waals surface area contributed by atoms with E-state index in [1.807, 2.05) is 0 Å². The highest BCUT2D eigenvalue weighted by Gasteiger charge is 2.21. The molecule has 0 saturated carbocycles. The van der Waals surface area contributed by atoms with Crippen LogP contribution < -0.4 is 5.32 Å². The van der Waals surface area contributed by atoms with Gasteiger partial charge in [-0.15, -0.1) is 0 Å². The number of amides is 1. The Balaban J connectivity index is 2.04. The third kappa shape index (κ3) is 5.03. The average molecular weight is 354 g/mol. The van der Waals surface area contributed by atoms with Gasteiger partial charge in [0.05, 0.1) is 6.42 Å². The quantitative estimate of drug-likeness (QED) is 0.839. The van der Waals surface area contributed by atoms with Crippen LogP contribution in [0.5, 0.6) is 0 Å². The van der Waals surface area contributed by atoms with E-state index in [1.165, 1.54) is 0 Å². The smallest absolute Gasteiger partial charge is 0.326 e. The molecule has 0 aromatic heterocycles. The number of halogens is 3. The van der Waals surface area contributed by atoms with Gasteiger partial charge < -0.3 is 10.4 Å². The van der Waals surface area contributed by atoms with E-state index in [4.69, 9.17) is 11.6 Å². The zero-order valence-corrected chi connectivity index (χ0v) is 13.2. The molecule has 1 amide bonds. The number of carbonyl (C=O) groups excluding carboxylic acids is 1. The maximum absolute atomic E-state index is 13.5. The fourth-order valence-electron chi connectivity index (χ4n) is 2.18. The Morgan fingerprint density at radius 1 is 1.17 bits per heavy atom. The number of hydrogen-bond acceptors (Lipinski definition) is 2. The predicted molar refractivity (Wildman–Crippen MR) is 84.8 cm³/mol. The first-order chi connectivity index (χ1) is 11.3. The zero-order chi connectivity index (χ0) is 17.7. The van der Waals surface area contributed by atoms with Crippen molar-refractivity contribution >= 4 is 23.5 Å². The summed E-state index contributed by atoms with van der Waals surface area (Å²) in [5.74, 6) is -3.49. The van der Waals surface area contributed by atoms with E-state index in [1.54, 1.807) is 24.3 Å². The summed E-state index contributed by atoms with van der Waals surface area (Å²) >= 11 is 5.84. The molecule has 2 N–H and O–H groups in total. The summed E-state index contributed by atoms with van der Waals surface area (Å²) in [7, 11) is 0. The fraction of sp³-hybridized carbons (Fsp3) is 0.176. The topological polar surface area (TPSA) is 66.4 Å². The Hall–Kier alpha value is -2.47. The molecule has 4 nitrogen and oxygen atoms in total. The van der Waals surface area contributed by atoms with E-state index in [-0.39, 0.29) is 18.4 Å². The Bertz CT molecular complexity index is 767. The minimum atomic E-state index is -1.22. The van der Waals surface area contributed by atoms with Crippen molar-refractivity contribution in [3.05, 3.63) is 70.2 Å². The van der Waals surface area contributed by atoms with E-state index in [0.29, 0.717) is 16.7 Å². The molecular formula is C17H14ClF2NO3. The first-order valence-electron chi connectivity index (χ1n) is 7.05. The monoisotopic (exact) mass is 353 g/mol. The lowest BCUT2D eigenvalue weighted by Gasteiger charge is -2.15. The number of benzene rings is 2. The van der Waals surface area contributed by atoms with Gasteiger partial charge in [0.25, 0.3) is 0 Å². The van der Waals surface area contributed by atoms with Crippen LogP contribution in [-0.2, 0) is 22.4 Å². The van der Waals surface area contributed by atoms with Gasteiger partial charge in [-0.05, 0) is 29.3 Å². The lowest BCUT2D eigenvalue weighted by atomic mass is 10.1. The molecule has 0 radical (unpaired) electrons. The van der Waals surface area contributed by atoms with Crippen molar-refractivity contribution in [3.8, 4) is 0 Å². The fourth-order valence-corrected chi connectivity index (χ4v) is 2.40. The van der Waals surface area contributed by atoms with E-state index in [2.05, 4.69) is 5.32 Å². The molecule has 2 rings (SSSR count). The lowest BCUT2D eigenvalue weighted by Crippen LogP contribution is -2.43. The maximum Gasteiger partial charge on any atom is 0.326 e. The summed E-state index contributed by atoms with van der Waals surface area (Å²) < 4.78 is 26.4. The lowest BCUT2D eigenvalue weighted by molar-refractivity contribution is -0.141. The van der Waals surface area contributed by atoms with Crippen LogP contribution in [0.25, 0.3) is 0 Å². The van der Waals surface area contributed by atoms with Gasteiger partial charge in [-0.1, -0.05) is 29.8 Å². The molecule has 7 heteroatoms. The zero-order valence-electron chi connectivity index (χ0n) is 12.4. The summed E-state index contributed by atoms with van der Waals surface area (Å²) in [6.07, 6.45) is -0.348. The summed E-state index contributed by atoms with van der Waals surface area (Å²) in [4.78, 5) is 23.3. The highest BCUT2D eigenvalue weighted by molar-refractivity contribution is 6.30. The molecule has 2 aromatic carbocycles. The highest BCUT2D eigenvalue weighted by Crippen LogP contribution is 2.13. The minimum Gasteiger partial charge on any atom is -0.480 e. The summed E-state index contributed by atoms with van der Waals surface area (Å²) in [6, 6.07) is 8.28. The first kappa shape index (κ1) is 17.9. The number of carboxylic acid groups (broad SMARTS) is 1. The number of nitrogens with one attached hydrogen (secondary N) is 1. The van der Waals surface area contributed by atoms with E-state index >= 15 is 0 Å². The van der Waals surface area contributed by atoms with Crippen LogP contribution in [0.1, 0.15) is 11.1 Å². The molecule has 0 aliphatic carbocycles. The first-order valence-corrected chi connectivity index (χ1v) is 7.43. The Morgan fingerprint density at radius 2 is 1.92 bits per heavy atom. The van der Waals surface area contributed by atoms with Gasteiger partial charge in [0.15, 0.2) is 0 Å². The van der Waals surface area contributed by atoms with E-state index in [9.17, 15) is 23.5 Å². The molecule has 2 aromatic rings. The molecule has 0 bridgehead atoms. The molecule has 24 heavy (non-hydrogen) atoms. The van der Waals surface area contributed by atoms with Gasteiger partial charge in [-0.3, -0.25) is 4.79 Å². The average Bonchev–Trinajstić information content (AvgIpc) is 2.49. The summed E-state index contributed by atoms with van der Waals surface area (Å²) in [5, 5.41) is 12.0. The molecule has 0 unspecified atom stereocenters. The number of carboxylic acids is 1. The van der Waals surface area contributed by atoms with Crippen molar-refractivity contribution in [1.29, 1.82) is 0 Å². The highest BCUT2D eigenvalue weighted by atomic mass is 35.5. The maximum atomic E-state index is 13.5. The third-order valence-corrected chi connectivity index (χ3v) is 3.56. The molecule has 0 saturated heterocycles. The van der Waals surface area contributed by atoms with Gasteiger partial charge in [-0.2, -0.15) is 0 Å². The van der Waals surface area contributed by atoms with Crippen LogP contribution in [0.15, 0.2) is 42.5 Å². The van der Waals surface area contributed by atoms with Gasteiger partial charge >= 0.3 is 5.97 Å².